The van der Waals surface area contributed by atoms with Crippen LogP contribution >= 0.6 is 0 Å². The Labute approximate surface area is 118 Å². The third kappa shape index (κ3) is 4.40. The van der Waals surface area contributed by atoms with E-state index < -0.39 is 15.9 Å². The van der Waals surface area contributed by atoms with Gasteiger partial charge in [0.15, 0.2) is 0 Å². The molecule has 0 aliphatic rings. The molecular weight excluding hydrogens is 278 g/mol. The highest BCUT2D eigenvalue weighted by Gasteiger charge is 2.20. The van der Waals surface area contributed by atoms with Crippen molar-refractivity contribution in [2.45, 2.75) is 0 Å². The van der Waals surface area contributed by atoms with Crippen LogP contribution < -0.4 is 9.62 Å². The summed E-state index contributed by atoms with van der Waals surface area (Å²) in [7, 11) is -3.59. The standard InChI is InChI=1S/C13H15N3O3S/c1-3-8-15-13(17)10-16(20(2,18)19)12-6-4-11(9-14)5-7-12/h3-7H,1,8,10H2,2H3,(H,15,17). The third-order valence-electron chi connectivity index (χ3n) is 2.42. The summed E-state index contributed by atoms with van der Waals surface area (Å²) >= 11 is 0. The largest absolute Gasteiger partial charge is 0.351 e. The molecule has 0 bridgehead atoms. The highest BCUT2D eigenvalue weighted by molar-refractivity contribution is 7.92. The van der Waals surface area contributed by atoms with Crippen LogP contribution in [-0.4, -0.2) is 33.7 Å². The van der Waals surface area contributed by atoms with E-state index >= 15 is 0 Å². The highest BCUT2D eigenvalue weighted by atomic mass is 32.2. The molecule has 0 saturated carbocycles. The molecule has 106 valence electrons. The second-order valence-corrected chi connectivity index (χ2v) is 5.93. The molecule has 1 N–H and O–H groups in total. The molecule has 0 unspecified atom stereocenters. The summed E-state index contributed by atoms with van der Waals surface area (Å²) in [6, 6.07) is 7.91. The van der Waals surface area contributed by atoms with Gasteiger partial charge in [-0.3, -0.25) is 9.10 Å². The van der Waals surface area contributed by atoms with Crippen molar-refractivity contribution in [3.05, 3.63) is 42.5 Å². The molecule has 20 heavy (non-hydrogen) atoms. The van der Waals surface area contributed by atoms with E-state index in [9.17, 15) is 13.2 Å². The zero-order chi connectivity index (χ0) is 15.2. The molecule has 0 fully saturated rings. The zero-order valence-corrected chi connectivity index (χ0v) is 11.9. The van der Waals surface area contributed by atoms with Crippen molar-refractivity contribution in [2.75, 3.05) is 23.7 Å². The molecule has 1 amide bonds. The van der Waals surface area contributed by atoms with Gasteiger partial charge in [0.05, 0.1) is 23.6 Å². The Bertz CT molecular complexity index is 630. The van der Waals surface area contributed by atoms with Crippen molar-refractivity contribution >= 4 is 21.6 Å². The average Bonchev–Trinajstić information content (AvgIpc) is 2.41. The van der Waals surface area contributed by atoms with Gasteiger partial charge in [-0.15, -0.1) is 6.58 Å². The summed E-state index contributed by atoms with van der Waals surface area (Å²) in [6.07, 6.45) is 2.52. The Kier molecular flexibility index (Phi) is 5.29. The Morgan fingerprint density at radius 2 is 2.05 bits per heavy atom. The van der Waals surface area contributed by atoms with E-state index in [4.69, 9.17) is 5.26 Å². The summed E-state index contributed by atoms with van der Waals surface area (Å²) in [5, 5.41) is 11.2. The highest BCUT2D eigenvalue weighted by Crippen LogP contribution is 2.17. The molecule has 1 aromatic carbocycles. The van der Waals surface area contributed by atoms with Gasteiger partial charge in [0.25, 0.3) is 0 Å². The van der Waals surface area contributed by atoms with Gasteiger partial charge in [0.1, 0.15) is 6.54 Å². The number of nitrogens with one attached hydrogen (secondary N) is 1. The summed E-state index contributed by atoms with van der Waals surface area (Å²) in [4.78, 5) is 11.6. The molecule has 0 aliphatic carbocycles. The number of benzene rings is 1. The number of rotatable bonds is 6. The van der Waals surface area contributed by atoms with Crippen LogP contribution in [-0.2, 0) is 14.8 Å². The van der Waals surface area contributed by atoms with Crippen molar-refractivity contribution in [2.24, 2.45) is 0 Å². The topological polar surface area (TPSA) is 90.3 Å². The lowest BCUT2D eigenvalue weighted by molar-refractivity contribution is -0.119. The number of carbonyl (C=O) groups is 1. The van der Waals surface area contributed by atoms with E-state index in [0.29, 0.717) is 11.3 Å². The molecule has 7 heteroatoms. The van der Waals surface area contributed by atoms with Gasteiger partial charge in [-0.05, 0) is 24.3 Å². The van der Waals surface area contributed by atoms with Crippen molar-refractivity contribution in [1.29, 1.82) is 5.26 Å². The molecule has 0 atom stereocenters. The molecule has 1 aromatic rings. The Morgan fingerprint density at radius 1 is 1.45 bits per heavy atom. The molecule has 6 nitrogen and oxygen atoms in total. The molecule has 1 rings (SSSR count). The minimum absolute atomic E-state index is 0.268. The number of carbonyl (C=O) groups excluding carboxylic acids is 1. The minimum atomic E-state index is -3.59. The maximum atomic E-state index is 11.8. The van der Waals surface area contributed by atoms with Gasteiger partial charge in [-0.25, -0.2) is 8.42 Å². The van der Waals surface area contributed by atoms with Crippen molar-refractivity contribution < 1.29 is 13.2 Å². The first-order valence-corrected chi connectivity index (χ1v) is 7.59. The fraction of sp³-hybridized carbons (Fsp3) is 0.231. The van der Waals surface area contributed by atoms with Crippen LogP contribution in [0.3, 0.4) is 0 Å². The first kappa shape index (κ1) is 15.7. The first-order valence-electron chi connectivity index (χ1n) is 5.74. The van der Waals surface area contributed by atoms with Crippen LogP contribution in [0.25, 0.3) is 0 Å². The van der Waals surface area contributed by atoms with E-state index in [1.165, 1.54) is 30.3 Å². The summed E-state index contributed by atoms with van der Waals surface area (Å²) in [6.45, 7) is 3.41. The normalized spacial score (nSPS) is 10.4. The second-order valence-electron chi connectivity index (χ2n) is 4.02. The Hall–Kier alpha value is -2.33. The van der Waals surface area contributed by atoms with Crippen LogP contribution in [0.1, 0.15) is 5.56 Å². The molecule has 0 aromatic heterocycles. The van der Waals surface area contributed by atoms with Gasteiger partial charge >= 0.3 is 0 Å². The molecular formula is C13H15N3O3S. The lowest BCUT2D eigenvalue weighted by Gasteiger charge is -2.21. The summed E-state index contributed by atoms with van der Waals surface area (Å²) in [5.74, 6) is -0.431. The third-order valence-corrected chi connectivity index (χ3v) is 3.56. The second kappa shape index (κ2) is 6.73. The van der Waals surface area contributed by atoms with E-state index in [-0.39, 0.29) is 13.1 Å². The molecule has 0 heterocycles. The van der Waals surface area contributed by atoms with Crippen LogP contribution in [0.5, 0.6) is 0 Å². The minimum Gasteiger partial charge on any atom is -0.351 e. The van der Waals surface area contributed by atoms with Crippen molar-refractivity contribution in [1.82, 2.24) is 5.32 Å². The van der Waals surface area contributed by atoms with E-state index in [0.717, 1.165) is 10.6 Å². The van der Waals surface area contributed by atoms with Crippen LogP contribution in [0, 0.1) is 11.3 Å². The Morgan fingerprint density at radius 3 is 2.50 bits per heavy atom. The predicted octanol–water partition coefficient (Wildman–Crippen LogP) is 0.626. The van der Waals surface area contributed by atoms with Gasteiger partial charge in [0.2, 0.25) is 15.9 Å². The fourth-order valence-electron chi connectivity index (χ4n) is 1.47. The monoisotopic (exact) mass is 293 g/mol. The van der Waals surface area contributed by atoms with Crippen LogP contribution in [0.4, 0.5) is 5.69 Å². The molecule has 0 spiro atoms. The van der Waals surface area contributed by atoms with E-state index in [1.807, 2.05) is 6.07 Å². The van der Waals surface area contributed by atoms with Gasteiger partial charge < -0.3 is 5.32 Å². The van der Waals surface area contributed by atoms with Crippen LogP contribution in [0.15, 0.2) is 36.9 Å². The van der Waals surface area contributed by atoms with Crippen molar-refractivity contribution in [3.8, 4) is 6.07 Å². The van der Waals surface area contributed by atoms with Gasteiger partial charge in [-0.1, -0.05) is 6.08 Å². The van der Waals surface area contributed by atoms with E-state index in [1.54, 1.807) is 0 Å². The first-order chi connectivity index (χ1) is 9.38. The van der Waals surface area contributed by atoms with Crippen LogP contribution in [0.2, 0.25) is 0 Å². The lowest BCUT2D eigenvalue weighted by atomic mass is 10.2. The number of sulfonamides is 1. The number of hydrogen-bond donors (Lipinski definition) is 1. The molecule has 0 saturated heterocycles. The predicted molar refractivity (Wildman–Crippen MR) is 76.6 cm³/mol. The number of amides is 1. The zero-order valence-electron chi connectivity index (χ0n) is 11.0. The number of nitrogens with zero attached hydrogens (tertiary/aromatic N) is 2. The van der Waals surface area contributed by atoms with Gasteiger partial charge in [0, 0.05) is 6.54 Å². The number of anilines is 1. The quantitative estimate of drug-likeness (QED) is 0.779. The molecule has 0 radical (unpaired) electrons. The summed E-state index contributed by atoms with van der Waals surface area (Å²) in [5.41, 5.74) is 0.749. The maximum Gasteiger partial charge on any atom is 0.241 e. The Balaban J connectivity index is 2.98. The SMILES string of the molecule is C=CCNC(=O)CN(c1ccc(C#N)cc1)S(C)(=O)=O. The number of hydrogen-bond acceptors (Lipinski definition) is 4. The number of nitriles is 1. The van der Waals surface area contributed by atoms with Gasteiger partial charge in [-0.2, -0.15) is 5.26 Å². The summed E-state index contributed by atoms with van der Waals surface area (Å²) < 4.78 is 24.5. The lowest BCUT2D eigenvalue weighted by Crippen LogP contribution is -2.40. The smallest absolute Gasteiger partial charge is 0.241 e. The fourth-order valence-corrected chi connectivity index (χ4v) is 2.33. The average molecular weight is 293 g/mol. The van der Waals surface area contributed by atoms with E-state index in [2.05, 4.69) is 11.9 Å². The molecule has 0 aliphatic heterocycles. The van der Waals surface area contributed by atoms with Crippen molar-refractivity contribution in [3.63, 3.8) is 0 Å². The maximum absolute atomic E-state index is 11.8.